The number of halogens is 1. The van der Waals surface area contributed by atoms with E-state index in [1.807, 2.05) is 18.2 Å². The Morgan fingerprint density at radius 1 is 0.875 bits per heavy atom. The summed E-state index contributed by atoms with van der Waals surface area (Å²) in [6.07, 6.45) is 0. The predicted octanol–water partition coefficient (Wildman–Crippen LogP) is 2.49. The number of piperazine rings is 1. The molecule has 1 aliphatic rings. The lowest BCUT2D eigenvalue weighted by atomic mass is 10.2. The Hall–Kier alpha value is -1.89. The van der Waals surface area contributed by atoms with Gasteiger partial charge in [-0.25, -0.2) is 8.42 Å². The van der Waals surface area contributed by atoms with Gasteiger partial charge in [0, 0.05) is 36.8 Å². The van der Waals surface area contributed by atoms with Gasteiger partial charge < -0.3 is 4.90 Å². The zero-order chi connectivity index (χ0) is 17.2. The summed E-state index contributed by atoms with van der Waals surface area (Å²) in [5.74, 6) is -0.0702. The Bertz CT molecular complexity index is 815. The quantitative estimate of drug-likeness (QED) is 0.840. The molecule has 0 aromatic heterocycles. The number of hydrogen-bond acceptors (Lipinski definition) is 3. The molecule has 0 bridgehead atoms. The molecule has 0 N–H and O–H groups in total. The number of nitrogens with zero attached hydrogens (tertiary/aromatic N) is 2. The average molecular weight is 365 g/mol. The Morgan fingerprint density at radius 3 is 2.04 bits per heavy atom. The van der Waals surface area contributed by atoms with Crippen molar-refractivity contribution in [2.75, 3.05) is 26.2 Å². The van der Waals surface area contributed by atoms with E-state index in [2.05, 4.69) is 0 Å². The highest BCUT2D eigenvalue weighted by atomic mass is 35.5. The van der Waals surface area contributed by atoms with Gasteiger partial charge in [0.15, 0.2) is 0 Å². The highest BCUT2D eigenvalue weighted by Gasteiger charge is 2.30. The molecule has 5 nitrogen and oxygen atoms in total. The van der Waals surface area contributed by atoms with Gasteiger partial charge in [-0.05, 0) is 36.4 Å². The molecule has 1 saturated heterocycles. The van der Waals surface area contributed by atoms with Crippen LogP contribution in [0.15, 0.2) is 59.5 Å². The Morgan fingerprint density at radius 2 is 1.46 bits per heavy atom. The largest absolute Gasteiger partial charge is 0.336 e. The van der Waals surface area contributed by atoms with E-state index in [9.17, 15) is 13.2 Å². The van der Waals surface area contributed by atoms with Gasteiger partial charge in [0.05, 0.1) is 4.90 Å². The lowest BCUT2D eigenvalue weighted by molar-refractivity contribution is 0.0698. The lowest BCUT2D eigenvalue weighted by Gasteiger charge is -2.34. The lowest BCUT2D eigenvalue weighted by Crippen LogP contribution is -2.50. The molecular formula is C17H17ClN2O3S. The maximum Gasteiger partial charge on any atom is 0.253 e. The summed E-state index contributed by atoms with van der Waals surface area (Å²) in [6, 6.07) is 15.1. The van der Waals surface area contributed by atoms with Gasteiger partial charge in [0.25, 0.3) is 5.91 Å². The second kappa shape index (κ2) is 6.93. The zero-order valence-electron chi connectivity index (χ0n) is 12.9. The number of benzene rings is 2. The summed E-state index contributed by atoms with van der Waals surface area (Å²) >= 11 is 5.81. The van der Waals surface area contributed by atoms with Crippen molar-refractivity contribution in [3.05, 3.63) is 65.2 Å². The van der Waals surface area contributed by atoms with Gasteiger partial charge >= 0.3 is 0 Å². The molecule has 1 amide bonds. The fourth-order valence-electron chi connectivity index (χ4n) is 2.65. The van der Waals surface area contributed by atoms with E-state index >= 15 is 0 Å². The summed E-state index contributed by atoms with van der Waals surface area (Å²) in [6.45, 7) is 1.31. The molecule has 0 unspecified atom stereocenters. The molecule has 0 spiro atoms. The maximum absolute atomic E-state index is 12.6. The van der Waals surface area contributed by atoms with Crippen LogP contribution in [0.2, 0.25) is 5.02 Å². The van der Waals surface area contributed by atoms with Crippen LogP contribution in [0.25, 0.3) is 0 Å². The van der Waals surface area contributed by atoms with Gasteiger partial charge in [-0.1, -0.05) is 29.8 Å². The molecule has 1 fully saturated rings. The molecule has 126 valence electrons. The van der Waals surface area contributed by atoms with Crippen LogP contribution in [0, 0.1) is 0 Å². The monoisotopic (exact) mass is 364 g/mol. The number of rotatable bonds is 3. The standard InChI is InChI=1S/C17H17ClN2O3S/c18-15-6-8-16(9-7-15)24(22,23)20-12-10-19(11-13-20)17(21)14-4-2-1-3-5-14/h1-9H,10-13H2. The second-order valence-corrected chi connectivity index (χ2v) is 7.89. The summed E-state index contributed by atoms with van der Waals surface area (Å²) in [5, 5.41) is 0.493. The van der Waals surface area contributed by atoms with Crippen molar-refractivity contribution < 1.29 is 13.2 Å². The third-order valence-corrected chi connectivity index (χ3v) is 6.16. The second-order valence-electron chi connectivity index (χ2n) is 5.52. The predicted molar refractivity (Wildman–Crippen MR) is 92.6 cm³/mol. The van der Waals surface area contributed by atoms with Crippen LogP contribution >= 0.6 is 11.6 Å². The smallest absolute Gasteiger partial charge is 0.253 e. The molecule has 0 aliphatic carbocycles. The van der Waals surface area contributed by atoms with Crippen molar-refractivity contribution in [1.82, 2.24) is 9.21 Å². The third kappa shape index (κ3) is 3.45. The van der Waals surface area contributed by atoms with Crippen molar-refractivity contribution >= 4 is 27.5 Å². The average Bonchev–Trinajstić information content (AvgIpc) is 2.62. The van der Waals surface area contributed by atoms with Crippen molar-refractivity contribution in [2.45, 2.75) is 4.90 Å². The first-order valence-corrected chi connectivity index (χ1v) is 9.40. The third-order valence-electron chi connectivity index (χ3n) is 4.00. The van der Waals surface area contributed by atoms with Crippen molar-refractivity contribution in [3.8, 4) is 0 Å². The van der Waals surface area contributed by atoms with Gasteiger partial charge in [-0.3, -0.25) is 4.79 Å². The fourth-order valence-corrected chi connectivity index (χ4v) is 4.20. The van der Waals surface area contributed by atoms with Crippen LogP contribution < -0.4 is 0 Å². The van der Waals surface area contributed by atoms with E-state index < -0.39 is 10.0 Å². The Kier molecular flexibility index (Phi) is 4.89. The Balaban J connectivity index is 1.68. The topological polar surface area (TPSA) is 57.7 Å². The molecule has 2 aromatic rings. The molecule has 0 saturated carbocycles. The van der Waals surface area contributed by atoms with Crippen LogP contribution in [0.4, 0.5) is 0 Å². The molecule has 1 aliphatic heterocycles. The molecule has 7 heteroatoms. The molecular weight excluding hydrogens is 348 g/mol. The minimum Gasteiger partial charge on any atom is -0.336 e. The van der Waals surface area contributed by atoms with Gasteiger partial charge in [0.2, 0.25) is 10.0 Å². The summed E-state index contributed by atoms with van der Waals surface area (Å²) in [5.41, 5.74) is 0.617. The number of hydrogen-bond donors (Lipinski definition) is 0. The number of carbonyl (C=O) groups is 1. The normalized spacial score (nSPS) is 16.1. The molecule has 0 atom stereocenters. The number of carbonyl (C=O) groups excluding carboxylic acids is 1. The van der Waals surface area contributed by atoms with Crippen LogP contribution in [-0.2, 0) is 10.0 Å². The first-order valence-electron chi connectivity index (χ1n) is 7.58. The van der Waals surface area contributed by atoms with E-state index in [0.717, 1.165) is 0 Å². The van der Waals surface area contributed by atoms with E-state index in [4.69, 9.17) is 11.6 Å². The van der Waals surface area contributed by atoms with Crippen LogP contribution in [-0.4, -0.2) is 49.7 Å². The highest BCUT2D eigenvalue weighted by molar-refractivity contribution is 7.89. The van der Waals surface area contributed by atoms with Crippen molar-refractivity contribution in [3.63, 3.8) is 0 Å². The minimum absolute atomic E-state index is 0.0702. The van der Waals surface area contributed by atoms with E-state index in [0.29, 0.717) is 23.7 Å². The number of amides is 1. The molecule has 2 aromatic carbocycles. The first kappa shape index (κ1) is 17.0. The Labute approximate surface area is 146 Å². The highest BCUT2D eigenvalue weighted by Crippen LogP contribution is 2.20. The fraction of sp³-hybridized carbons (Fsp3) is 0.235. The van der Waals surface area contributed by atoms with Gasteiger partial charge in [-0.15, -0.1) is 0 Å². The van der Waals surface area contributed by atoms with Crippen molar-refractivity contribution in [1.29, 1.82) is 0 Å². The first-order chi connectivity index (χ1) is 11.5. The van der Waals surface area contributed by atoms with Crippen LogP contribution in [0.3, 0.4) is 0 Å². The summed E-state index contributed by atoms with van der Waals surface area (Å²) in [7, 11) is -3.56. The van der Waals surface area contributed by atoms with Crippen LogP contribution in [0.5, 0.6) is 0 Å². The van der Waals surface area contributed by atoms with Gasteiger partial charge in [-0.2, -0.15) is 4.31 Å². The molecule has 0 radical (unpaired) electrons. The zero-order valence-corrected chi connectivity index (χ0v) is 14.5. The van der Waals surface area contributed by atoms with Gasteiger partial charge in [0.1, 0.15) is 0 Å². The SMILES string of the molecule is O=C(c1ccccc1)N1CCN(S(=O)(=O)c2ccc(Cl)cc2)CC1. The van der Waals surface area contributed by atoms with E-state index in [-0.39, 0.29) is 23.9 Å². The molecule has 24 heavy (non-hydrogen) atoms. The van der Waals surface area contributed by atoms with Crippen LogP contribution in [0.1, 0.15) is 10.4 Å². The summed E-state index contributed by atoms with van der Waals surface area (Å²) < 4.78 is 26.7. The van der Waals surface area contributed by atoms with E-state index in [1.165, 1.54) is 16.4 Å². The maximum atomic E-state index is 12.6. The number of sulfonamides is 1. The summed E-state index contributed by atoms with van der Waals surface area (Å²) in [4.78, 5) is 14.3. The molecule has 3 rings (SSSR count). The van der Waals surface area contributed by atoms with Crippen molar-refractivity contribution in [2.24, 2.45) is 0 Å². The van der Waals surface area contributed by atoms with E-state index in [1.54, 1.807) is 29.2 Å². The minimum atomic E-state index is -3.56. The molecule has 1 heterocycles.